The van der Waals surface area contributed by atoms with Gasteiger partial charge in [0, 0.05) is 0 Å². The molecule has 0 bridgehead atoms. The largest absolute Gasteiger partial charge is 0.463 e. The zero-order chi connectivity index (χ0) is 7.98. The molecule has 0 aromatic heterocycles. The summed E-state index contributed by atoms with van der Waals surface area (Å²) in [5, 5.41) is 7.89. The number of esters is 1. The summed E-state index contributed by atoms with van der Waals surface area (Å²) in [7, 11) is 0. The molecule has 0 radical (unpaired) electrons. The third kappa shape index (κ3) is 3.21. The predicted molar refractivity (Wildman–Crippen MR) is 34.4 cm³/mol. The highest BCUT2D eigenvalue weighted by Gasteiger charge is 2.06. The third-order valence-electron chi connectivity index (χ3n) is 0.803. The Balaban J connectivity index is 3.60. The van der Waals surface area contributed by atoms with Crippen molar-refractivity contribution in [2.24, 2.45) is 0 Å². The van der Waals surface area contributed by atoms with Crippen LogP contribution < -0.4 is 0 Å². The molecule has 0 aliphatic carbocycles. The SMILES string of the molecule is C=C(COO)C(=O)OCC. The maximum Gasteiger partial charge on any atom is 0.335 e. The molecule has 0 aliphatic heterocycles. The van der Waals surface area contributed by atoms with Crippen molar-refractivity contribution < 1.29 is 19.7 Å². The van der Waals surface area contributed by atoms with E-state index in [1.165, 1.54) is 0 Å². The van der Waals surface area contributed by atoms with Gasteiger partial charge in [0.25, 0.3) is 0 Å². The van der Waals surface area contributed by atoms with Crippen molar-refractivity contribution in [1.82, 2.24) is 0 Å². The molecular weight excluding hydrogens is 136 g/mol. The molecule has 1 N–H and O–H groups in total. The first-order chi connectivity index (χ1) is 4.72. The lowest BCUT2D eigenvalue weighted by atomic mass is 10.3. The van der Waals surface area contributed by atoms with Crippen LogP contribution in [-0.4, -0.2) is 24.4 Å². The van der Waals surface area contributed by atoms with Crippen molar-refractivity contribution in [3.05, 3.63) is 12.2 Å². The van der Waals surface area contributed by atoms with E-state index in [9.17, 15) is 4.79 Å². The molecule has 0 saturated carbocycles. The van der Waals surface area contributed by atoms with Gasteiger partial charge in [-0.15, -0.1) is 0 Å². The van der Waals surface area contributed by atoms with Gasteiger partial charge >= 0.3 is 5.97 Å². The fourth-order valence-electron chi connectivity index (χ4n) is 0.370. The van der Waals surface area contributed by atoms with E-state index in [4.69, 9.17) is 5.26 Å². The minimum Gasteiger partial charge on any atom is -0.463 e. The van der Waals surface area contributed by atoms with E-state index in [1.54, 1.807) is 6.92 Å². The van der Waals surface area contributed by atoms with Crippen LogP contribution in [0.3, 0.4) is 0 Å². The Morgan fingerprint density at radius 2 is 2.30 bits per heavy atom. The summed E-state index contributed by atoms with van der Waals surface area (Å²) in [6.07, 6.45) is 0. The second kappa shape index (κ2) is 4.96. The van der Waals surface area contributed by atoms with Gasteiger partial charge in [0.15, 0.2) is 0 Å². The molecule has 0 unspecified atom stereocenters. The first kappa shape index (κ1) is 9.13. The number of hydrogen-bond acceptors (Lipinski definition) is 4. The molecular formula is C6H10O4. The number of carbonyl (C=O) groups excluding carboxylic acids is 1. The molecule has 0 atom stereocenters. The van der Waals surface area contributed by atoms with Gasteiger partial charge in [-0.3, -0.25) is 5.26 Å². The van der Waals surface area contributed by atoms with E-state index < -0.39 is 5.97 Å². The van der Waals surface area contributed by atoms with Crippen LogP contribution >= 0.6 is 0 Å². The summed E-state index contributed by atoms with van der Waals surface area (Å²) in [6.45, 7) is 5.07. The van der Waals surface area contributed by atoms with Crippen LogP contribution in [0.2, 0.25) is 0 Å². The van der Waals surface area contributed by atoms with E-state index in [0.717, 1.165) is 0 Å². The summed E-state index contributed by atoms with van der Waals surface area (Å²) in [5.74, 6) is -0.545. The number of carbonyl (C=O) groups is 1. The fourth-order valence-corrected chi connectivity index (χ4v) is 0.370. The zero-order valence-electron chi connectivity index (χ0n) is 5.79. The van der Waals surface area contributed by atoms with Crippen molar-refractivity contribution in [2.75, 3.05) is 13.2 Å². The lowest BCUT2D eigenvalue weighted by Crippen LogP contribution is -2.10. The van der Waals surface area contributed by atoms with Crippen molar-refractivity contribution in [2.45, 2.75) is 6.92 Å². The summed E-state index contributed by atoms with van der Waals surface area (Å²) in [5.41, 5.74) is 0.101. The molecule has 0 aromatic carbocycles. The molecule has 0 spiro atoms. The van der Waals surface area contributed by atoms with E-state index >= 15 is 0 Å². The summed E-state index contributed by atoms with van der Waals surface area (Å²) >= 11 is 0. The second-order valence-electron chi connectivity index (χ2n) is 1.60. The van der Waals surface area contributed by atoms with Crippen LogP contribution in [0.25, 0.3) is 0 Å². The molecule has 0 heterocycles. The highest BCUT2D eigenvalue weighted by Crippen LogP contribution is 1.93. The molecule has 0 aromatic rings. The lowest BCUT2D eigenvalue weighted by Gasteiger charge is -2.01. The summed E-state index contributed by atoms with van der Waals surface area (Å²) in [4.78, 5) is 14.3. The third-order valence-corrected chi connectivity index (χ3v) is 0.803. The zero-order valence-corrected chi connectivity index (χ0v) is 5.79. The molecule has 0 fully saturated rings. The summed E-state index contributed by atoms with van der Waals surface area (Å²) in [6, 6.07) is 0. The maximum atomic E-state index is 10.6. The molecule has 58 valence electrons. The van der Waals surface area contributed by atoms with Crippen LogP contribution in [0, 0.1) is 0 Å². The van der Waals surface area contributed by atoms with Crippen molar-refractivity contribution >= 4 is 5.97 Å². The normalized spacial score (nSPS) is 9.00. The molecule has 0 aliphatic rings. The van der Waals surface area contributed by atoms with Crippen LogP contribution in [0.1, 0.15) is 6.92 Å². The standard InChI is InChI=1S/C6H10O4/c1-3-9-6(7)5(2)4-10-8/h8H,2-4H2,1H3. The topological polar surface area (TPSA) is 55.8 Å². The minimum absolute atomic E-state index is 0.101. The highest BCUT2D eigenvalue weighted by molar-refractivity contribution is 5.87. The highest BCUT2D eigenvalue weighted by atomic mass is 17.1. The lowest BCUT2D eigenvalue weighted by molar-refractivity contribution is -0.234. The van der Waals surface area contributed by atoms with Crippen LogP contribution in [0.5, 0.6) is 0 Å². The quantitative estimate of drug-likeness (QED) is 0.273. The average Bonchev–Trinajstić information content (AvgIpc) is 1.89. The predicted octanol–water partition coefficient (Wildman–Crippen LogP) is 0.595. The number of rotatable bonds is 4. The van der Waals surface area contributed by atoms with Gasteiger partial charge in [0.05, 0.1) is 12.2 Å². The summed E-state index contributed by atoms with van der Waals surface area (Å²) < 4.78 is 4.53. The van der Waals surface area contributed by atoms with E-state index in [2.05, 4.69) is 16.2 Å². The fraction of sp³-hybridized carbons (Fsp3) is 0.500. The maximum absolute atomic E-state index is 10.6. The Kier molecular flexibility index (Phi) is 4.53. The molecule has 10 heavy (non-hydrogen) atoms. The Morgan fingerprint density at radius 1 is 1.70 bits per heavy atom. The van der Waals surface area contributed by atoms with E-state index in [1.807, 2.05) is 0 Å². The Labute approximate surface area is 59.0 Å². The molecule has 0 rings (SSSR count). The van der Waals surface area contributed by atoms with Crippen molar-refractivity contribution in [3.8, 4) is 0 Å². The van der Waals surface area contributed by atoms with E-state index in [0.29, 0.717) is 6.61 Å². The van der Waals surface area contributed by atoms with Gasteiger partial charge in [0.2, 0.25) is 0 Å². The monoisotopic (exact) mass is 146 g/mol. The van der Waals surface area contributed by atoms with Gasteiger partial charge < -0.3 is 4.74 Å². The Hall–Kier alpha value is -0.870. The first-order valence-corrected chi connectivity index (χ1v) is 2.83. The van der Waals surface area contributed by atoms with Gasteiger partial charge in [-0.1, -0.05) is 6.58 Å². The molecule has 4 nitrogen and oxygen atoms in total. The first-order valence-electron chi connectivity index (χ1n) is 2.83. The van der Waals surface area contributed by atoms with Crippen LogP contribution in [0.15, 0.2) is 12.2 Å². The van der Waals surface area contributed by atoms with Gasteiger partial charge in [-0.2, -0.15) is 0 Å². The molecule has 0 amide bonds. The Bertz CT molecular complexity index is 114. The van der Waals surface area contributed by atoms with Crippen molar-refractivity contribution in [1.29, 1.82) is 0 Å². The minimum atomic E-state index is -0.545. The van der Waals surface area contributed by atoms with Gasteiger partial charge in [-0.25, -0.2) is 9.68 Å². The number of ether oxygens (including phenoxy) is 1. The molecule has 0 saturated heterocycles. The second-order valence-corrected chi connectivity index (χ2v) is 1.60. The van der Waals surface area contributed by atoms with Gasteiger partial charge in [0.1, 0.15) is 6.61 Å². The number of hydrogen-bond donors (Lipinski definition) is 1. The van der Waals surface area contributed by atoms with Crippen LogP contribution in [-0.2, 0) is 14.4 Å². The molecule has 4 heteroatoms. The van der Waals surface area contributed by atoms with E-state index in [-0.39, 0.29) is 12.2 Å². The Morgan fingerprint density at radius 3 is 2.70 bits per heavy atom. The van der Waals surface area contributed by atoms with Crippen LogP contribution in [0.4, 0.5) is 0 Å². The van der Waals surface area contributed by atoms with Crippen molar-refractivity contribution in [3.63, 3.8) is 0 Å². The smallest absolute Gasteiger partial charge is 0.335 e. The average molecular weight is 146 g/mol. The van der Waals surface area contributed by atoms with Gasteiger partial charge in [-0.05, 0) is 6.92 Å².